The molecule has 0 saturated heterocycles. The van der Waals surface area contributed by atoms with E-state index in [2.05, 4.69) is 18.8 Å². The Morgan fingerprint density at radius 1 is 1.07 bits per heavy atom. The molecule has 0 unspecified atom stereocenters. The SMILES string of the molecule is CC(C)c1nc2sc3c(SCc4ccc(Cl)c(Cl)c4)ncnc3c2c2c1CCCC2. The molecule has 1 aliphatic carbocycles. The maximum absolute atomic E-state index is 6.18. The monoisotopic (exact) mass is 473 g/mol. The van der Waals surface area contributed by atoms with Crippen molar-refractivity contribution in [1.82, 2.24) is 15.0 Å². The third-order valence-corrected chi connectivity index (χ3v) is 8.64. The molecule has 5 rings (SSSR count). The molecule has 0 fully saturated rings. The highest BCUT2D eigenvalue weighted by Gasteiger charge is 2.24. The lowest BCUT2D eigenvalue weighted by Crippen LogP contribution is -2.10. The van der Waals surface area contributed by atoms with Crippen molar-refractivity contribution in [3.05, 3.63) is 57.0 Å². The fourth-order valence-corrected chi connectivity index (χ4v) is 6.74. The van der Waals surface area contributed by atoms with Crippen LogP contribution in [0.15, 0.2) is 29.6 Å². The number of fused-ring (bicyclic) bond motifs is 5. The predicted molar refractivity (Wildman–Crippen MR) is 129 cm³/mol. The van der Waals surface area contributed by atoms with Crippen LogP contribution in [0.3, 0.4) is 0 Å². The molecule has 0 amide bonds. The summed E-state index contributed by atoms with van der Waals surface area (Å²) in [4.78, 5) is 15.5. The van der Waals surface area contributed by atoms with Gasteiger partial charge in [0.25, 0.3) is 0 Å². The van der Waals surface area contributed by atoms with E-state index in [0.29, 0.717) is 16.0 Å². The lowest BCUT2D eigenvalue weighted by Gasteiger charge is -2.21. The van der Waals surface area contributed by atoms with E-state index in [4.69, 9.17) is 33.2 Å². The summed E-state index contributed by atoms with van der Waals surface area (Å²) in [7, 11) is 0. The van der Waals surface area contributed by atoms with E-state index in [-0.39, 0.29) is 0 Å². The second kappa shape index (κ2) is 8.27. The predicted octanol–water partition coefficient (Wildman–Crippen LogP) is 7.84. The van der Waals surface area contributed by atoms with Crippen LogP contribution in [0.2, 0.25) is 10.0 Å². The van der Waals surface area contributed by atoms with Crippen LogP contribution in [0, 0.1) is 0 Å². The van der Waals surface area contributed by atoms with Gasteiger partial charge in [0.1, 0.15) is 16.2 Å². The van der Waals surface area contributed by atoms with Gasteiger partial charge < -0.3 is 0 Å². The molecule has 0 spiro atoms. The van der Waals surface area contributed by atoms with Gasteiger partial charge in [-0.15, -0.1) is 23.1 Å². The highest BCUT2D eigenvalue weighted by Crippen LogP contribution is 2.42. The minimum absolute atomic E-state index is 0.432. The van der Waals surface area contributed by atoms with Crippen molar-refractivity contribution in [3.8, 4) is 0 Å². The molecule has 3 nitrogen and oxygen atoms in total. The smallest absolute Gasteiger partial charge is 0.126 e. The molecule has 3 aromatic heterocycles. The van der Waals surface area contributed by atoms with Crippen LogP contribution in [0.1, 0.15) is 55.0 Å². The largest absolute Gasteiger partial charge is 0.241 e. The maximum atomic E-state index is 6.18. The van der Waals surface area contributed by atoms with Gasteiger partial charge in [0.2, 0.25) is 0 Å². The Kier molecular flexibility index (Phi) is 5.65. The van der Waals surface area contributed by atoms with Crippen molar-refractivity contribution in [1.29, 1.82) is 0 Å². The number of hydrogen-bond donors (Lipinski definition) is 0. The first kappa shape index (κ1) is 20.5. The lowest BCUT2D eigenvalue weighted by atomic mass is 9.86. The van der Waals surface area contributed by atoms with Gasteiger partial charge in [-0.2, -0.15) is 0 Å². The van der Waals surface area contributed by atoms with Gasteiger partial charge in [-0.3, -0.25) is 0 Å². The summed E-state index contributed by atoms with van der Waals surface area (Å²) in [6.45, 7) is 4.49. The summed E-state index contributed by atoms with van der Waals surface area (Å²) < 4.78 is 1.14. The number of aryl methyl sites for hydroxylation is 1. The molecule has 1 aromatic carbocycles. The molecule has 4 aromatic rings. The van der Waals surface area contributed by atoms with E-state index in [9.17, 15) is 0 Å². The maximum Gasteiger partial charge on any atom is 0.126 e. The van der Waals surface area contributed by atoms with Gasteiger partial charge in [0.15, 0.2) is 0 Å². The minimum Gasteiger partial charge on any atom is -0.241 e. The van der Waals surface area contributed by atoms with Crippen LogP contribution in [0.4, 0.5) is 0 Å². The van der Waals surface area contributed by atoms with Crippen molar-refractivity contribution in [2.45, 2.75) is 56.2 Å². The number of nitrogens with zero attached hydrogens (tertiary/aromatic N) is 3. The average Bonchev–Trinajstić information content (AvgIpc) is 3.13. The molecule has 0 aliphatic heterocycles. The zero-order valence-corrected chi connectivity index (χ0v) is 20.0. The standard InChI is InChI=1S/C23H21Cl2N3S2/c1-12(2)19-15-6-4-3-5-14(15)18-20-21(30-22(18)28-19)23(27-11-26-20)29-10-13-7-8-16(24)17(25)9-13/h7-9,11-12H,3-6,10H2,1-2H3. The highest BCUT2D eigenvalue weighted by atomic mass is 35.5. The van der Waals surface area contributed by atoms with Gasteiger partial charge >= 0.3 is 0 Å². The molecule has 1 aliphatic rings. The van der Waals surface area contributed by atoms with Crippen molar-refractivity contribution in [2.75, 3.05) is 0 Å². The topological polar surface area (TPSA) is 38.7 Å². The molecule has 0 bridgehead atoms. The summed E-state index contributed by atoms with van der Waals surface area (Å²) in [6.07, 6.45) is 6.44. The Morgan fingerprint density at radius 2 is 1.87 bits per heavy atom. The van der Waals surface area contributed by atoms with Crippen LogP contribution in [-0.4, -0.2) is 15.0 Å². The van der Waals surface area contributed by atoms with Crippen molar-refractivity contribution >= 4 is 66.7 Å². The summed E-state index contributed by atoms with van der Waals surface area (Å²) in [5.74, 6) is 1.21. The Balaban J connectivity index is 1.61. The minimum atomic E-state index is 0.432. The third kappa shape index (κ3) is 3.60. The Hall–Kier alpha value is -1.40. The Labute approximate surface area is 194 Å². The molecule has 0 saturated carbocycles. The molecule has 0 N–H and O–H groups in total. The quantitative estimate of drug-likeness (QED) is 0.223. The fraction of sp³-hybridized carbons (Fsp3) is 0.348. The molecular formula is C23H21Cl2N3S2. The number of thioether (sulfide) groups is 1. The van der Waals surface area contributed by atoms with Crippen molar-refractivity contribution < 1.29 is 0 Å². The first-order valence-electron chi connectivity index (χ1n) is 10.2. The van der Waals surface area contributed by atoms with E-state index >= 15 is 0 Å². The molecule has 154 valence electrons. The first-order valence-corrected chi connectivity index (χ1v) is 12.7. The number of rotatable bonds is 4. The van der Waals surface area contributed by atoms with E-state index < -0.39 is 0 Å². The molecule has 30 heavy (non-hydrogen) atoms. The van der Waals surface area contributed by atoms with Crippen molar-refractivity contribution in [3.63, 3.8) is 0 Å². The zero-order chi connectivity index (χ0) is 20.8. The first-order chi connectivity index (χ1) is 14.5. The average molecular weight is 474 g/mol. The van der Waals surface area contributed by atoms with E-state index in [1.54, 1.807) is 29.4 Å². The van der Waals surface area contributed by atoms with Gasteiger partial charge in [0, 0.05) is 16.8 Å². The molecule has 7 heteroatoms. The third-order valence-electron chi connectivity index (χ3n) is 5.63. The second-order valence-electron chi connectivity index (χ2n) is 7.99. The van der Waals surface area contributed by atoms with Gasteiger partial charge in [-0.25, -0.2) is 15.0 Å². The van der Waals surface area contributed by atoms with E-state index in [1.807, 2.05) is 18.2 Å². The molecule has 0 atom stereocenters. The van der Waals surface area contributed by atoms with Gasteiger partial charge in [-0.1, -0.05) is 43.1 Å². The van der Waals surface area contributed by atoms with Crippen molar-refractivity contribution in [2.24, 2.45) is 0 Å². The summed E-state index contributed by atoms with van der Waals surface area (Å²) in [6, 6.07) is 5.78. The molecular weight excluding hydrogens is 453 g/mol. The van der Waals surface area contributed by atoms with Gasteiger partial charge in [-0.05, 0) is 60.4 Å². The van der Waals surface area contributed by atoms with Gasteiger partial charge in [0.05, 0.1) is 20.3 Å². The number of halogens is 2. The van der Waals surface area contributed by atoms with Crippen LogP contribution in [0.5, 0.6) is 0 Å². The zero-order valence-electron chi connectivity index (χ0n) is 16.8. The second-order valence-corrected chi connectivity index (χ2v) is 10.8. The van der Waals surface area contributed by atoms with Crippen LogP contribution in [-0.2, 0) is 18.6 Å². The highest BCUT2D eigenvalue weighted by molar-refractivity contribution is 7.98. The number of thiophene rings is 1. The van der Waals surface area contributed by atoms with E-state index in [0.717, 1.165) is 44.2 Å². The Morgan fingerprint density at radius 3 is 2.63 bits per heavy atom. The molecule has 0 radical (unpaired) electrons. The Bertz CT molecular complexity index is 1270. The van der Waals surface area contributed by atoms with Crippen LogP contribution < -0.4 is 0 Å². The van der Waals surface area contributed by atoms with Crippen LogP contribution in [0.25, 0.3) is 20.4 Å². The fourth-order valence-electron chi connectivity index (χ4n) is 4.23. The number of hydrogen-bond acceptors (Lipinski definition) is 5. The molecule has 3 heterocycles. The summed E-state index contributed by atoms with van der Waals surface area (Å²) >= 11 is 15.7. The summed E-state index contributed by atoms with van der Waals surface area (Å²) in [5, 5.41) is 3.43. The number of aromatic nitrogens is 3. The van der Waals surface area contributed by atoms with Crippen LogP contribution >= 0.6 is 46.3 Å². The normalized spacial score (nSPS) is 14.0. The summed E-state index contributed by atoms with van der Waals surface area (Å²) in [5.41, 5.74) is 6.39. The lowest BCUT2D eigenvalue weighted by molar-refractivity contribution is 0.667. The number of benzene rings is 1. The van der Waals surface area contributed by atoms with E-state index in [1.165, 1.54) is 35.0 Å². The number of pyridine rings is 1.